The standard InChI is InChI=1S/C15H11ClN2/c16-14-13(11-7-3-1-4-8-11)17-15(18-14)12-9-5-2-6-10-12/h1-10H,(H,17,18). The van der Waals surface area contributed by atoms with Crippen LogP contribution in [-0.4, -0.2) is 9.97 Å². The second kappa shape index (κ2) is 4.67. The second-order valence-electron chi connectivity index (χ2n) is 3.98. The van der Waals surface area contributed by atoms with Crippen molar-refractivity contribution in [3.63, 3.8) is 0 Å². The lowest BCUT2D eigenvalue weighted by molar-refractivity contribution is 1.31. The maximum Gasteiger partial charge on any atom is 0.139 e. The number of hydrogen-bond acceptors (Lipinski definition) is 1. The Balaban J connectivity index is 2.07. The van der Waals surface area contributed by atoms with Crippen LogP contribution in [0.2, 0.25) is 5.15 Å². The maximum absolute atomic E-state index is 6.21. The minimum atomic E-state index is 0.569. The van der Waals surface area contributed by atoms with Crippen LogP contribution >= 0.6 is 11.6 Å². The van der Waals surface area contributed by atoms with Crippen LogP contribution in [0.3, 0.4) is 0 Å². The van der Waals surface area contributed by atoms with Crippen molar-refractivity contribution in [2.45, 2.75) is 0 Å². The number of aromatic nitrogens is 2. The van der Waals surface area contributed by atoms with Gasteiger partial charge in [-0.05, 0) is 0 Å². The van der Waals surface area contributed by atoms with E-state index in [-0.39, 0.29) is 0 Å². The van der Waals surface area contributed by atoms with Crippen molar-refractivity contribution >= 4 is 11.6 Å². The van der Waals surface area contributed by atoms with Crippen LogP contribution < -0.4 is 0 Å². The molecule has 0 atom stereocenters. The fourth-order valence-corrected chi connectivity index (χ4v) is 2.11. The van der Waals surface area contributed by atoms with Crippen LogP contribution in [0, 0.1) is 0 Å². The van der Waals surface area contributed by atoms with Crippen molar-refractivity contribution in [2.24, 2.45) is 0 Å². The minimum Gasteiger partial charge on any atom is -0.329 e. The smallest absolute Gasteiger partial charge is 0.139 e. The van der Waals surface area contributed by atoms with E-state index in [1.54, 1.807) is 0 Å². The lowest BCUT2D eigenvalue weighted by atomic mass is 10.2. The molecule has 3 rings (SSSR count). The first-order valence-electron chi connectivity index (χ1n) is 5.71. The Labute approximate surface area is 110 Å². The summed E-state index contributed by atoms with van der Waals surface area (Å²) in [7, 11) is 0. The zero-order valence-electron chi connectivity index (χ0n) is 9.60. The fraction of sp³-hybridized carbons (Fsp3) is 0. The van der Waals surface area contributed by atoms with Crippen LogP contribution in [-0.2, 0) is 0 Å². The van der Waals surface area contributed by atoms with Crippen LogP contribution in [0.4, 0.5) is 0 Å². The monoisotopic (exact) mass is 254 g/mol. The Morgan fingerprint density at radius 3 is 1.94 bits per heavy atom. The summed E-state index contributed by atoms with van der Waals surface area (Å²) in [4.78, 5) is 7.68. The van der Waals surface area contributed by atoms with Crippen LogP contribution in [0.5, 0.6) is 0 Å². The third-order valence-electron chi connectivity index (χ3n) is 2.75. The Morgan fingerprint density at radius 1 is 0.778 bits per heavy atom. The molecule has 2 nitrogen and oxygen atoms in total. The van der Waals surface area contributed by atoms with Crippen molar-refractivity contribution in [2.75, 3.05) is 0 Å². The fourth-order valence-electron chi connectivity index (χ4n) is 1.87. The molecule has 0 aliphatic heterocycles. The highest BCUT2D eigenvalue weighted by atomic mass is 35.5. The number of nitrogens with one attached hydrogen (secondary N) is 1. The molecule has 0 aliphatic rings. The Bertz CT molecular complexity index is 645. The SMILES string of the molecule is Clc1[nH]c(-c2ccccc2)nc1-c1ccccc1. The van der Waals surface area contributed by atoms with Crippen molar-refractivity contribution < 1.29 is 0 Å². The molecule has 1 aromatic heterocycles. The van der Waals surface area contributed by atoms with Gasteiger partial charge in [0.05, 0.1) is 0 Å². The summed E-state index contributed by atoms with van der Waals surface area (Å²) >= 11 is 6.21. The molecule has 0 radical (unpaired) electrons. The summed E-state index contributed by atoms with van der Waals surface area (Å²) in [6.07, 6.45) is 0. The van der Waals surface area contributed by atoms with Crippen LogP contribution in [0.25, 0.3) is 22.6 Å². The zero-order valence-corrected chi connectivity index (χ0v) is 10.4. The molecule has 1 heterocycles. The minimum absolute atomic E-state index is 0.569. The summed E-state index contributed by atoms with van der Waals surface area (Å²) in [6.45, 7) is 0. The molecule has 0 bridgehead atoms. The highest BCUT2D eigenvalue weighted by Crippen LogP contribution is 2.28. The molecule has 1 N–H and O–H groups in total. The van der Waals surface area contributed by atoms with Crippen LogP contribution in [0.1, 0.15) is 0 Å². The molecule has 3 heteroatoms. The van der Waals surface area contributed by atoms with E-state index >= 15 is 0 Å². The van der Waals surface area contributed by atoms with Crippen molar-refractivity contribution in [1.29, 1.82) is 0 Å². The highest BCUT2D eigenvalue weighted by molar-refractivity contribution is 6.32. The normalized spacial score (nSPS) is 10.5. The summed E-state index contributed by atoms with van der Waals surface area (Å²) < 4.78 is 0. The predicted molar refractivity (Wildman–Crippen MR) is 74.5 cm³/mol. The van der Waals surface area contributed by atoms with Gasteiger partial charge in [0.25, 0.3) is 0 Å². The van der Waals surface area contributed by atoms with Crippen LogP contribution in [0.15, 0.2) is 60.7 Å². The molecule has 3 aromatic rings. The molecule has 18 heavy (non-hydrogen) atoms. The van der Waals surface area contributed by atoms with Crippen molar-refractivity contribution in [3.05, 3.63) is 65.8 Å². The van der Waals surface area contributed by atoms with E-state index in [9.17, 15) is 0 Å². The molecule has 0 saturated carbocycles. The second-order valence-corrected chi connectivity index (χ2v) is 4.36. The first-order chi connectivity index (χ1) is 8.84. The largest absolute Gasteiger partial charge is 0.329 e. The molecule has 0 spiro atoms. The molecule has 2 aromatic carbocycles. The van der Waals surface area contributed by atoms with E-state index in [4.69, 9.17) is 11.6 Å². The van der Waals surface area contributed by atoms with Crippen molar-refractivity contribution in [1.82, 2.24) is 9.97 Å². The van der Waals surface area contributed by atoms with Gasteiger partial charge in [-0.3, -0.25) is 0 Å². The predicted octanol–water partition coefficient (Wildman–Crippen LogP) is 4.40. The molecular formula is C15H11ClN2. The molecule has 0 saturated heterocycles. The van der Waals surface area contributed by atoms with Crippen molar-refractivity contribution in [3.8, 4) is 22.6 Å². The van der Waals surface area contributed by atoms with E-state index < -0.39 is 0 Å². The van der Waals surface area contributed by atoms with E-state index in [0.29, 0.717) is 5.15 Å². The Kier molecular flexibility index (Phi) is 2.87. The number of rotatable bonds is 2. The van der Waals surface area contributed by atoms with Gasteiger partial charge in [0.1, 0.15) is 16.7 Å². The number of imidazole rings is 1. The quantitative estimate of drug-likeness (QED) is 0.722. The third-order valence-corrected chi connectivity index (χ3v) is 3.03. The van der Waals surface area contributed by atoms with Gasteiger partial charge in [-0.1, -0.05) is 72.3 Å². The summed E-state index contributed by atoms with van der Waals surface area (Å²) in [5.74, 6) is 0.791. The molecule has 0 aliphatic carbocycles. The van der Waals surface area contributed by atoms with E-state index in [0.717, 1.165) is 22.6 Å². The van der Waals surface area contributed by atoms with Gasteiger partial charge in [-0.25, -0.2) is 4.98 Å². The summed E-state index contributed by atoms with van der Waals surface area (Å²) in [6, 6.07) is 19.9. The van der Waals surface area contributed by atoms with E-state index in [2.05, 4.69) is 9.97 Å². The van der Waals surface area contributed by atoms with Gasteiger partial charge in [0, 0.05) is 11.1 Å². The number of nitrogens with zero attached hydrogens (tertiary/aromatic N) is 1. The van der Waals surface area contributed by atoms with Gasteiger partial charge in [0.2, 0.25) is 0 Å². The zero-order chi connectivity index (χ0) is 12.4. The molecule has 0 amide bonds. The number of halogens is 1. The third kappa shape index (κ3) is 2.03. The molecule has 0 fully saturated rings. The number of benzene rings is 2. The maximum atomic E-state index is 6.21. The number of aromatic amines is 1. The van der Waals surface area contributed by atoms with E-state index in [1.807, 2.05) is 60.7 Å². The van der Waals surface area contributed by atoms with Gasteiger partial charge < -0.3 is 4.98 Å². The number of hydrogen-bond donors (Lipinski definition) is 1. The topological polar surface area (TPSA) is 28.7 Å². The molecular weight excluding hydrogens is 244 g/mol. The van der Waals surface area contributed by atoms with Gasteiger partial charge in [-0.2, -0.15) is 0 Å². The molecule has 0 unspecified atom stereocenters. The number of H-pyrrole nitrogens is 1. The lowest BCUT2D eigenvalue weighted by Gasteiger charge is -1.96. The average molecular weight is 255 g/mol. The van der Waals surface area contributed by atoms with Gasteiger partial charge >= 0.3 is 0 Å². The molecule has 88 valence electrons. The lowest BCUT2D eigenvalue weighted by Crippen LogP contribution is -1.80. The van der Waals surface area contributed by atoms with Gasteiger partial charge in [0.15, 0.2) is 0 Å². The highest BCUT2D eigenvalue weighted by Gasteiger charge is 2.10. The summed E-state index contributed by atoms with van der Waals surface area (Å²) in [5, 5.41) is 0.569. The Morgan fingerprint density at radius 2 is 1.33 bits per heavy atom. The van der Waals surface area contributed by atoms with E-state index in [1.165, 1.54) is 0 Å². The first-order valence-corrected chi connectivity index (χ1v) is 6.09. The average Bonchev–Trinajstić information content (AvgIpc) is 2.83. The Hall–Kier alpha value is -2.06. The van der Waals surface area contributed by atoms with Gasteiger partial charge in [-0.15, -0.1) is 0 Å². The summed E-state index contributed by atoms with van der Waals surface area (Å²) in [5.41, 5.74) is 2.83. The first kappa shape index (κ1) is 11.1.